The minimum absolute atomic E-state index is 0.0451. The molecule has 0 bridgehead atoms. The third-order valence-corrected chi connectivity index (χ3v) is 4.30. The van der Waals surface area contributed by atoms with Crippen molar-refractivity contribution in [2.45, 2.75) is 36.6 Å². The van der Waals surface area contributed by atoms with Gasteiger partial charge in [-0.1, -0.05) is 0 Å². The van der Waals surface area contributed by atoms with Gasteiger partial charge in [0.1, 0.15) is 12.4 Å². The summed E-state index contributed by atoms with van der Waals surface area (Å²) in [5, 5.41) is 6.00. The van der Waals surface area contributed by atoms with Crippen molar-refractivity contribution in [3.63, 3.8) is 0 Å². The Balaban J connectivity index is 2.52. The van der Waals surface area contributed by atoms with E-state index in [1.807, 2.05) is 0 Å². The topological polar surface area (TPSA) is 42.2 Å². The van der Waals surface area contributed by atoms with Gasteiger partial charge in [-0.3, -0.25) is 4.99 Å². The second-order valence-corrected chi connectivity index (χ2v) is 7.11. The Labute approximate surface area is 168 Å². The van der Waals surface area contributed by atoms with Gasteiger partial charge in [-0.15, -0.1) is 0 Å². The molecule has 0 amide bonds. The van der Waals surface area contributed by atoms with E-state index in [1.54, 1.807) is 0 Å². The lowest BCUT2D eigenvalue weighted by Crippen LogP contribution is -2.14. The summed E-state index contributed by atoms with van der Waals surface area (Å²) in [7, 11) is 0. The third-order valence-electron chi connectivity index (χ3n) is 3.55. The van der Waals surface area contributed by atoms with Gasteiger partial charge in [0.15, 0.2) is 0 Å². The molecule has 1 heterocycles. The van der Waals surface area contributed by atoms with E-state index < -0.39 is 52.4 Å². The van der Waals surface area contributed by atoms with Crippen LogP contribution in [-0.4, -0.2) is 34.3 Å². The van der Waals surface area contributed by atoms with Crippen molar-refractivity contribution < 1.29 is 39.5 Å². The highest BCUT2D eigenvalue weighted by atomic mass is 32.2. The van der Waals surface area contributed by atoms with Gasteiger partial charge >= 0.3 is 17.9 Å². The van der Waals surface area contributed by atoms with E-state index in [-0.39, 0.29) is 16.8 Å². The second-order valence-electron chi connectivity index (χ2n) is 6.00. The molecular weight excluding hydrogens is 451 g/mol. The molecule has 2 rings (SSSR count). The summed E-state index contributed by atoms with van der Waals surface area (Å²) in [5.41, 5.74) is -5.56. The van der Waals surface area contributed by atoms with Gasteiger partial charge in [0, 0.05) is 0 Å². The predicted octanol–water partition coefficient (Wildman–Crippen LogP) is 6.12. The second kappa shape index (κ2) is 8.40. The summed E-state index contributed by atoms with van der Waals surface area (Å²) < 4.78 is 115. The van der Waals surface area contributed by atoms with Crippen molar-refractivity contribution in [1.82, 2.24) is 9.78 Å². The molecule has 1 aromatic carbocycles. The van der Waals surface area contributed by atoms with Crippen LogP contribution in [0.3, 0.4) is 0 Å². The lowest BCUT2D eigenvalue weighted by Gasteiger charge is -2.17. The van der Waals surface area contributed by atoms with Crippen molar-refractivity contribution in [3.05, 3.63) is 35.0 Å². The van der Waals surface area contributed by atoms with Crippen LogP contribution in [0, 0.1) is 13.8 Å². The van der Waals surface area contributed by atoms with Crippen molar-refractivity contribution in [2.75, 3.05) is 11.9 Å². The van der Waals surface area contributed by atoms with Crippen LogP contribution < -0.4 is 5.32 Å². The number of aryl methyl sites for hydroxylation is 2. The summed E-state index contributed by atoms with van der Waals surface area (Å²) in [6.07, 6.45) is -7.91. The minimum atomic E-state index is -4.74. The monoisotopic (exact) mass is 464 g/mol. The summed E-state index contributed by atoms with van der Waals surface area (Å²) in [5.74, 6) is -0.394. The number of alkyl halides is 9. The molecule has 0 saturated carbocycles. The Morgan fingerprint density at radius 2 is 1.60 bits per heavy atom. The maximum Gasteiger partial charge on any atom is 0.446 e. The van der Waals surface area contributed by atoms with E-state index in [0.717, 1.165) is 23.0 Å². The van der Waals surface area contributed by atoms with Crippen LogP contribution in [0.25, 0.3) is 5.69 Å². The van der Waals surface area contributed by atoms with Gasteiger partial charge in [-0.05, 0) is 48.9 Å². The van der Waals surface area contributed by atoms with E-state index in [2.05, 4.69) is 15.4 Å². The van der Waals surface area contributed by atoms with Gasteiger partial charge in [-0.2, -0.15) is 44.6 Å². The third kappa shape index (κ3) is 6.31. The lowest BCUT2D eigenvalue weighted by molar-refractivity contribution is -0.137. The molecule has 1 aromatic heterocycles. The number of hydrogen-bond acceptors (Lipinski definition) is 3. The normalized spacial score (nSPS) is 13.3. The standard InChI is InChI=1S/C16H13F9N4S/c1-8-3-10(15(20,21)22)4-9(2)12(8)29-13(27-7-26-6-14(17,18)19)11(5-28-29)30-16(23,24)25/h3-5,7H,6H2,1-2H3,(H,26,27). The fourth-order valence-corrected chi connectivity index (χ4v) is 3.14. The molecule has 0 aliphatic heterocycles. The van der Waals surface area contributed by atoms with E-state index >= 15 is 0 Å². The van der Waals surface area contributed by atoms with E-state index in [1.165, 1.54) is 13.8 Å². The number of benzene rings is 1. The molecule has 2 aromatic rings. The summed E-state index contributed by atoms with van der Waals surface area (Å²) in [4.78, 5) is 2.54. The number of nitrogens with one attached hydrogen (secondary N) is 1. The van der Waals surface area contributed by atoms with E-state index in [0.29, 0.717) is 6.34 Å². The zero-order chi connectivity index (χ0) is 22.9. The van der Waals surface area contributed by atoms with Gasteiger partial charge < -0.3 is 5.32 Å². The molecule has 0 atom stereocenters. The molecule has 0 fully saturated rings. The molecule has 1 N–H and O–H groups in total. The molecule has 14 heteroatoms. The average molecular weight is 464 g/mol. The first-order chi connectivity index (χ1) is 13.6. The molecule has 0 aliphatic carbocycles. The van der Waals surface area contributed by atoms with Crippen LogP contribution in [0.2, 0.25) is 0 Å². The van der Waals surface area contributed by atoms with Crippen molar-refractivity contribution in [2.24, 2.45) is 4.99 Å². The fraction of sp³-hybridized carbons (Fsp3) is 0.375. The first kappa shape index (κ1) is 23.9. The van der Waals surface area contributed by atoms with Crippen LogP contribution in [0.4, 0.5) is 45.3 Å². The van der Waals surface area contributed by atoms with Crippen molar-refractivity contribution >= 4 is 23.9 Å². The SMILES string of the molecule is Cc1cc(C(F)(F)F)cc(C)c1-n1ncc(SC(F)(F)F)c1NC=NCC(F)(F)F. The molecule has 0 radical (unpaired) electrons. The zero-order valence-corrected chi connectivity index (χ0v) is 16.0. The molecule has 0 unspecified atom stereocenters. The number of nitrogens with zero attached hydrogens (tertiary/aromatic N) is 3. The Morgan fingerprint density at radius 1 is 1.03 bits per heavy atom. The first-order valence-electron chi connectivity index (χ1n) is 7.92. The number of thioether (sulfide) groups is 1. The summed E-state index contributed by atoms with van der Waals surface area (Å²) >= 11 is -0.584. The van der Waals surface area contributed by atoms with E-state index in [4.69, 9.17) is 0 Å². The quantitative estimate of drug-likeness (QED) is 0.251. The predicted molar refractivity (Wildman–Crippen MR) is 93.0 cm³/mol. The Morgan fingerprint density at radius 3 is 2.07 bits per heavy atom. The molecular formula is C16H13F9N4S. The highest BCUT2D eigenvalue weighted by Crippen LogP contribution is 2.42. The Hall–Kier alpha value is -2.38. The maximum absolute atomic E-state index is 13.0. The minimum Gasteiger partial charge on any atom is -0.330 e. The highest BCUT2D eigenvalue weighted by molar-refractivity contribution is 8.00. The zero-order valence-electron chi connectivity index (χ0n) is 15.2. The van der Waals surface area contributed by atoms with Crippen LogP contribution in [-0.2, 0) is 6.18 Å². The molecule has 4 nitrogen and oxygen atoms in total. The van der Waals surface area contributed by atoms with Crippen molar-refractivity contribution in [3.8, 4) is 5.69 Å². The fourth-order valence-electron chi connectivity index (χ4n) is 2.54. The number of aliphatic imine (C=N–C) groups is 1. The average Bonchev–Trinajstić information content (AvgIpc) is 2.89. The van der Waals surface area contributed by atoms with Gasteiger partial charge in [0.2, 0.25) is 0 Å². The van der Waals surface area contributed by atoms with Crippen molar-refractivity contribution in [1.29, 1.82) is 0 Å². The number of rotatable bonds is 5. The molecule has 30 heavy (non-hydrogen) atoms. The smallest absolute Gasteiger partial charge is 0.330 e. The largest absolute Gasteiger partial charge is 0.446 e. The van der Waals surface area contributed by atoms with Gasteiger partial charge in [0.05, 0.1) is 28.7 Å². The number of halogens is 9. The number of hydrogen-bond donors (Lipinski definition) is 1. The summed E-state index contributed by atoms with van der Waals surface area (Å²) in [6.45, 7) is 1.03. The van der Waals surface area contributed by atoms with Crippen LogP contribution in [0.15, 0.2) is 28.2 Å². The number of anilines is 1. The molecule has 0 aliphatic rings. The number of aromatic nitrogens is 2. The van der Waals surface area contributed by atoms with Gasteiger partial charge in [-0.25, -0.2) is 4.68 Å². The van der Waals surface area contributed by atoms with Gasteiger partial charge in [0.25, 0.3) is 0 Å². The maximum atomic E-state index is 13.0. The molecule has 166 valence electrons. The van der Waals surface area contributed by atoms with Crippen LogP contribution in [0.5, 0.6) is 0 Å². The lowest BCUT2D eigenvalue weighted by atomic mass is 10.0. The Bertz CT molecular complexity index is 903. The Kier molecular flexibility index (Phi) is 6.69. The summed E-state index contributed by atoms with van der Waals surface area (Å²) in [6, 6.07) is 1.59. The van der Waals surface area contributed by atoms with E-state index in [9.17, 15) is 39.5 Å². The molecule has 0 spiro atoms. The first-order valence-corrected chi connectivity index (χ1v) is 8.74. The molecule has 0 saturated heterocycles. The van der Waals surface area contributed by atoms with Crippen LogP contribution >= 0.6 is 11.8 Å². The van der Waals surface area contributed by atoms with Crippen LogP contribution in [0.1, 0.15) is 16.7 Å². The highest BCUT2D eigenvalue weighted by Gasteiger charge is 2.34.